The summed E-state index contributed by atoms with van der Waals surface area (Å²) < 4.78 is 1.92. The van der Waals surface area contributed by atoms with Crippen LogP contribution in [0.4, 0.5) is 5.82 Å². The van der Waals surface area contributed by atoms with Crippen LogP contribution in [0.15, 0.2) is 55.1 Å². The van der Waals surface area contributed by atoms with Gasteiger partial charge >= 0.3 is 5.97 Å². The van der Waals surface area contributed by atoms with Crippen LogP contribution in [0, 0.1) is 0 Å². The van der Waals surface area contributed by atoms with E-state index in [4.69, 9.17) is 0 Å². The average molecular weight is 432 g/mol. The zero-order chi connectivity index (χ0) is 22.8. The van der Waals surface area contributed by atoms with Crippen LogP contribution in [0.1, 0.15) is 38.3 Å². The van der Waals surface area contributed by atoms with Crippen molar-refractivity contribution in [1.82, 2.24) is 24.5 Å². The monoisotopic (exact) mass is 432 g/mol. The number of nitrogens with zero attached hydrogens (tertiary/aromatic N) is 5. The van der Waals surface area contributed by atoms with E-state index in [1.807, 2.05) is 31.4 Å². The molecule has 4 rings (SSSR count). The Bertz CT molecular complexity index is 1240. The van der Waals surface area contributed by atoms with Crippen molar-refractivity contribution in [3.05, 3.63) is 60.7 Å². The molecule has 0 aliphatic heterocycles. The van der Waals surface area contributed by atoms with Gasteiger partial charge in [0.2, 0.25) is 0 Å². The first-order valence-corrected chi connectivity index (χ1v) is 10.3. The van der Waals surface area contributed by atoms with Gasteiger partial charge in [-0.3, -0.25) is 4.98 Å². The highest BCUT2D eigenvalue weighted by atomic mass is 16.4. The molecule has 0 saturated carbocycles. The van der Waals surface area contributed by atoms with Crippen molar-refractivity contribution in [2.75, 3.05) is 5.32 Å². The molecule has 9 nitrogen and oxygen atoms in total. The Balaban J connectivity index is 1.81. The summed E-state index contributed by atoms with van der Waals surface area (Å²) in [5, 5.41) is 22.6. The van der Waals surface area contributed by atoms with E-state index in [0.717, 1.165) is 5.56 Å². The molecule has 32 heavy (non-hydrogen) atoms. The number of aliphatic carboxylic acids is 1. The fraction of sp³-hybridized carbons (Fsp3) is 0.261. The highest BCUT2D eigenvalue weighted by molar-refractivity contribution is 5.88. The summed E-state index contributed by atoms with van der Waals surface area (Å²) in [4.78, 5) is 30.1. The standard InChI is InChI=1S/C23H24N6O3/c1-13(2)29-12-25-19-21(27-20(28-22(19)29)16-5-4-10-24-11-16)26-18(23(31)32)14(3)15-6-8-17(30)9-7-15/h4-14,18,30H,1-3H3,(H,31,32)(H,26,27,28)/t14?,18-/m0/s1. The number of rotatable bonds is 7. The highest BCUT2D eigenvalue weighted by Gasteiger charge is 2.28. The van der Waals surface area contributed by atoms with Crippen molar-refractivity contribution in [3.8, 4) is 17.1 Å². The number of phenols is 1. The van der Waals surface area contributed by atoms with Crippen LogP contribution in [0.3, 0.4) is 0 Å². The molecule has 0 bridgehead atoms. The van der Waals surface area contributed by atoms with Gasteiger partial charge in [0, 0.05) is 29.9 Å². The van der Waals surface area contributed by atoms with E-state index in [2.05, 4.69) is 25.3 Å². The number of pyridine rings is 1. The smallest absolute Gasteiger partial charge is 0.326 e. The number of aromatic hydroxyl groups is 1. The summed E-state index contributed by atoms with van der Waals surface area (Å²) in [6.45, 7) is 5.85. The number of carbonyl (C=O) groups is 1. The maximum atomic E-state index is 12.2. The Morgan fingerprint density at radius 3 is 2.47 bits per heavy atom. The third-order valence-corrected chi connectivity index (χ3v) is 5.37. The number of hydrogen-bond donors (Lipinski definition) is 3. The Labute approximate surface area is 184 Å². The largest absolute Gasteiger partial charge is 0.508 e. The van der Waals surface area contributed by atoms with Crippen molar-refractivity contribution in [2.24, 2.45) is 0 Å². The zero-order valence-corrected chi connectivity index (χ0v) is 18.0. The van der Waals surface area contributed by atoms with Crippen LogP contribution >= 0.6 is 0 Å². The maximum absolute atomic E-state index is 12.2. The first-order valence-electron chi connectivity index (χ1n) is 10.3. The SMILES string of the molecule is CC(c1ccc(O)cc1)[C@H](Nc1nc(-c2cccnc2)nc2c1ncn2C(C)C)C(=O)O. The molecule has 0 saturated heterocycles. The van der Waals surface area contributed by atoms with Gasteiger partial charge in [0.15, 0.2) is 22.8 Å². The van der Waals surface area contributed by atoms with E-state index < -0.39 is 17.9 Å². The van der Waals surface area contributed by atoms with E-state index in [1.54, 1.807) is 49.1 Å². The van der Waals surface area contributed by atoms with Crippen molar-refractivity contribution in [3.63, 3.8) is 0 Å². The Morgan fingerprint density at radius 2 is 1.84 bits per heavy atom. The lowest BCUT2D eigenvalue weighted by Crippen LogP contribution is -2.35. The van der Waals surface area contributed by atoms with E-state index >= 15 is 0 Å². The van der Waals surface area contributed by atoms with Crippen molar-refractivity contribution in [2.45, 2.75) is 38.8 Å². The zero-order valence-electron chi connectivity index (χ0n) is 18.0. The molecule has 9 heteroatoms. The number of hydrogen-bond acceptors (Lipinski definition) is 7. The second-order valence-corrected chi connectivity index (χ2v) is 7.90. The van der Waals surface area contributed by atoms with Crippen molar-refractivity contribution < 1.29 is 15.0 Å². The minimum absolute atomic E-state index is 0.107. The molecule has 3 heterocycles. The lowest BCUT2D eigenvalue weighted by atomic mass is 9.93. The molecule has 2 atom stereocenters. The van der Waals surface area contributed by atoms with Gasteiger partial charge in [-0.25, -0.2) is 19.7 Å². The number of aromatic nitrogens is 5. The second-order valence-electron chi connectivity index (χ2n) is 7.90. The van der Waals surface area contributed by atoms with Gasteiger partial charge in [-0.2, -0.15) is 0 Å². The number of carboxylic acid groups (broad SMARTS) is 1. The molecule has 0 amide bonds. The van der Waals surface area contributed by atoms with E-state index in [-0.39, 0.29) is 11.8 Å². The Morgan fingerprint density at radius 1 is 1.09 bits per heavy atom. The van der Waals surface area contributed by atoms with Crippen LogP contribution in [-0.4, -0.2) is 46.7 Å². The molecule has 164 valence electrons. The second kappa shape index (κ2) is 8.62. The van der Waals surface area contributed by atoms with Crippen LogP contribution in [0.25, 0.3) is 22.6 Å². The number of fused-ring (bicyclic) bond motifs is 1. The topological polar surface area (TPSA) is 126 Å². The molecule has 3 N–H and O–H groups in total. The number of benzene rings is 1. The molecule has 3 aromatic heterocycles. The molecule has 4 aromatic rings. The van der Waals surface area contributed by atoms with Gasteiger partial charge in [-0.1, -0.05) is 19.1 Å². The number of phenolic OH excluding ortho intramolecular Hbond substituents is 1. The first kappa shape index (κ1) is 21.2. The molecule has 0 radical (unpaired) electrons. The molecule has 0 spiro atoms. The average Bonchev–Trinajstić information content (AvgIpc) is 3.22. The van der Waals surface area contributed by atoms with Gasteiger partial charge in [0.25, 0.3) is 0 Å². The molecular weight excluding hydrogens is 408 g/mol. The van der Waals surface area contributed by atoms with Gasteiger partial charge in [-0.15, -0.1) is 0 Å². The maximum Gasteiger partial charge on any atom is 0.326 e. The van der Waals surface area contributed by atoms with Crippen LogP contribution in [-0.2, 0) is 4.79 Å². The summed E-state index contributed by atoms with van der Waals surface area (Å²) in [5.74, 6) is -0.544. The third-order valence-electron chi connectivity index (χ3n) is 5.37. The fourth-order valence-corrected chi connectivity index (χ4v) is 3.54. The summed E-state index contributed by atoms with van der Waals surface area (Å²) in [6, 6.07) is 9.27. The van der Waals surface area contributed by atoms with E-state index in [1.165, 1.54) is 0 Å². The lowest BCUT2D eigenvalue weighted by Gasteiger charge is -2.23. The quantitative estimate of drug-likeness (QED) is 0.402. The van der Waals surface area contributed by atoms with Gasteiger partial charge < -0.3 is 20.1 Å². The predicted octanol–water partition coefficient (Wildman–Crippen LogP) is 3.84. The summed E-state index contributed by atoms with van der Waals surface area (Å²) in [5.41, 5.74) is 2.59. The van der Waals surface area contributed by atoms with Crippen LogP contribution < -0.4 is 5.32 Å². The molecular formula is C23H24N6O3. The van der Waals surface area contributed by atoms with Gasteiger partial charge in [-0.05, 0) is 43.7 Å². The lowest BCUT2D eigenvalue weighted by molar-refractivity contribution is -0.138. The van der Waals surface area contributed by atoms with Crippen LogP contribution in [0.5, 0.6) is 5.75 Å². The first-order chi connectivity index (χ1) is 15.3. The van der Waals surface area contributed by atoms with Crippen molar-refractivity contribution in [1.29, 1.82) is 0 Å². The Hall–Kier alpha value is -4.01. The number of nitrogens with one attached hydrogen (secondary N) is 1. The van der Waals surface area contributed by atoms with E-state index in [0.29, 0.717) is 28.4 Å². The van der Waals surface area contributed by atoms with Crippen LogP contribution in [0.2, 0.25) is 0 Å². The predicted molar refractivity (Wildman–Crippen MR) is 121 cm³/mol. The number of imidazole rings is 1. The molecule has 1 unspecified atom stereocenters. The molecule has 0 aliphatic rings. The van der Waals surface area contributed by atoms with Gasteiger partial charge in [0.05, 0.1) is 6.33 Å². The number of anilines is 1. The minimum atomic E-state index is -1.02. The Kier molecular flexibility index (Phi) is 5.72. The summed E-state index contributed by atoms with van der Waals surface area (Å²) in [7, 11) is 0. The number of carboxylic acids is 1. The highest BCUT2D eigenvalue weighted by Crippen LogP contribution is 2.29. The molecule has 0 fully saturated rings. The fourth-order valence-electron chi connectivity index (χ4n) is 3.54. The third kappa shape index (κ3) is 4.09. The summed E-state index contributed by atoms with van der Waals surface area (Å²) >= 11 is 0. The minimum Gasteiger partial charge on any atom is -0.508 e. The van der Waals surface area contributed by atoms with Gasteiger partial charge in [0.1, 0.15) is 11.8 Å². The normalized spacial score (nSPS) is 13.2. The summed E-state index contributed by atoms with van der Waals surface area (Å²) in [6.07, 6.45) is 5.01. The van der Waals surface area contributed by atoms with E-state index in [9.17, 15) is 15.0 Å². The molecule has 0 aliphatic carbocycles. The molecule has 1 aromatic carbocycles. The van der Waals surface area contributed by atoms with Crippen molar-refractivity contribution >= 4 is 23.0 Å².